The molecule has 16 heavy (non-hydrogen) atoms. The number of nitrogens with two attached hydrogens (primary N) is 1. The average Bonchev–Trinajstić information content (AvgIpc) is 2.23. The van der Waals surface area contributed by atoms with Crippen LogP contribution in [-0.4, -0.2) is 6.54 Å². The third-order valence-corrected chi connectivity index (χ3v) is 5.69. The molecule has 4 aliphatic rings. The molecule has 0 heterocycles. The molecular weight excluding hydrogens is 194 g/mol. The number of rotatable bonds is 4. The van der Waals surface area contributed by atoms with Crippen molar-refractivity contribution in [2.24, 2.45) is 34.8 Å². The van der Waals surface area contributed by atoms with Gasteiger partial charge in [0.1, 0.15) is 0 Å². The highest BCUT2D eigenvalue weighted by Gasteiger charge is 2.53. The fraction of sp³-hybridized carbons (Fsp3) is 0.867. The summed E-state index contributed by atoms with van der Waals surface area (Å²) in [6.45, 7) is 4.79. The van der Waals surface area contributed by atoms with Gasteiger partial charge in [-0.25, -0.2) is 0 Å². The summed E-state index contributed by atoms with van der Waals surface area (Å²) in [7, 11) is 0. The third-order valence-electron chi connectivity index (χ3n) is 5.69. The van der Waals surface area contributed by atoms with Crippen molar-refractivity contribution < 1.29 is 0 Å². The van der Waals surface area contributed by atoms with Gasteiger partial charge in [-0.05, 0) is 80.6 Å². The lowest BCUT2D eigenvalue weighted by Crippen LogP contribution is -2.51. The lowest BCUT2D eigenvalue weighted by molar-refractivity contribution is -0.0844. The van der Waals surface area contributed by atoms with Crippen LogP contribution in [0.25, 0.3) is 0 Å². The van der Waals surface area contributed by atoms with Crippen molar-refractivity contribution >= 4 is 0 Å². The van der Waals surface area contributed by atoms with Crippen LogP contribution in [0.1, 0.15) is 44.9 Å². The van der Waals surface area contributed by atoms with Crippen molar-refractivity contribution in [2.45, 2.75) is 44.9 Å². The molecule has 4 saturated carbocycles. The Morgan fingerprint density at radius 1 is 1.12 bits per heavy atom. The first-order valence-electron chi connectivity index (χ1n) is 7.06. The molecule has 4 bridgehead atoms. The molecule has 4 fully saturated rings. The first kappa shape index (κ1) is 10.8. The molecule has 1 unspecified atom stereocenters. The molecule has 0 amide bonds. The van der Waals surface area contributed by atoms with Crippen molar-refractivity contribution in [1.29, 1.82) is 0 Å². The Kier molecular flexibility index (Phi) is 2.62. The van der Waals surface area contributed by atoms with Gasteiger partial charge in [0.2, 0.25) is 0 Å². The maximum absolute atomic E-state index is 6.03. The zero-order valence-electron chi connectivity index (χ0n) is 10.3. The monoisotopic (exact) mass is 219 g/mol. The van der Waals surface area contributed by atoms with E-state index in [0.717, 1.165) is 36.6 Å². The lowest BCUT2D eigenvalue weighted by atomic mass is 9.46. The fourth-order valence-corrected chi connectivity index (χ4v) is 5.48. The molecule has 4 rings (SSSR count). The summed E-state index contributed by atoms with van der Waals surface area (Å²) >= 11 is 0. The smallest absolute Gasteiger partial charge is 0.00406 e. The Hall–Kier alpha value is -0.300. The van der Waals surface area contributed by atoms with E-state index in [1.165, 1.54) is 38.5 Å². The summed E-state index contributed by atoms with van der Waals surface area (Å²) in [5.74, 6) is 3.86. The highest BCUT2D eigenvalue weighted by Crippen LogP contribution is 2.63. The van der Waals surface area contributed by atoms with Gasteiger partial charge in [-0.1, -0.05) is 6.08 Å². The van der Waals surface area contributed by atoms with E-state index in [2.05, 4.69) is 12.7 Å². The minimum absolute atomic E-state index is 0.623. The molecule has 0 aliphatic heterocycles. The van der Waals surface area contributed by atoms with Crippen LogP contribution in [0.15, 0.2) is 12.7 Å². The highest BCUT2D eigenvalue weighted by molar-refractivity contribution is 5.05. The summed E-state index contributed by atoms with van der Waals surface area (Å²) in [5.41, 5.74) is 6.66. The number of allylic oxidation sites excluding steroid dienone is 1. The largest absolute Gasteiger partial charge is 0.330 e. The first-order chi connectivity index (χ1) is 7.75. The van der Waals surface area contributed by atoms with E-state index in [9.17, 15) is 0 Å². The minimum atomic E-state index is 0.623. The van der Waals surface area contributed by atoms with Crippen molar-refractivity contribution in [1.82, 2.24) is 0 Å². The summed E-state index contributed by atoms with van der Waals surface area (Å²) in [6.07, 6.45) is 12.3. The van der Waals surface area contributed by atoms with Crippen molar-refractivity contribution in [3.63, 3.8) is 0 Å². The van der Waals surface area contributed by atoms with Crippen LogP contribution in [0.2, 0.25) is 0 Å². The van der Waals surface area contributed by atoms with Crippen LogP contribution in [0, 0.1) is 29.1 Å². The molecule has 1 heteroatoms. The number of hydrogen-bond donors (Lipinski definition) is 1. The predicted molar refractivity (Wildman–Crippen MR) is 68.0 cm³/mol. The van der Waals surface area contributed by atoms with Gasteiger partial charge in [-0.3, -0.25) is 0 Å². The van der Waals surface area contributed by atoms with Gasteiger partial charge >= 0.3 is 0 Å². The molecule has 0 aromatic rings. The maximum atomic E-state index is 6.03. The van der Waals surface area contributed by atoms with E-state index in [-0.39, 0.29) is 0 Å². The SMILES string of the molecule is C=CCC(CN)C12CC3CC(CC(C3)C1)C2. The second kappa shape index (κ2) is 3.87. The number of hydrogen-bond acceptors (Lipinski definition) is 1. The Balaban J connectivity index is 1.84. The van der Waals surface area contributed by atoms with Gasteiger partial charge in [0.25, 0.3) is 0 Å². The van der Waals surface area contributed by atoms with E-state index in [1.807, 2.05) is 0 Å². The second-order valence-electron chi connectivity index (χ2n) is 6.74. The summed E-state index contributed by atoms with van der Waals surface area (Å²) in [6, 6.07) is 0. The molecule has 2 N–H and O–H groups in total. The van der Waals surface area contributed by atoms with Crippen LogP contribution < -0.4 is 5.73 Å². The van der Waals surface area contributed by atoms with Crippen LogP contribution in [-0.2, 0) is 0 Å². The molecule has 0 radical (unpaired) electrons. The van der Waals surface area contributed by atoms with Crippen molar-refractivity contribution in [3.05, 3.63) is 12.7 Å². The van der Waals surface area contributed by atoms with E-state index in [1.54, 1.807) is 0 Å². The quantitative estimate of drug-likeness (QED) is 0.721. The van der Waals surface area contributed by atoms with Gasteiger partial charge in [0, 0.05) is 0 Å². The maximum Gasteiger partial charge on any atom is -0.00406 e. The van der Waals surface area contributed by atoms with Crippen LogP contribution >= 0.6 is 0 Å². The second-order valence-corrected chi connectivity index (χ2v) is 6.74. The summed E-state index contributed by atoms with van der Waals surface area (Å²) < 4.78 is 0. The van der Waals surface area contributed by atoms with Crippen LogP contribution in [0.5, 0.6) is 0 Å². The summed E-state index contributed by atoms with van der Waals surface area (Å²) in [4.78, 5) is 0. The highest BCUT2D eigenvalue weighted by atomic mass is 14.6. The molecule has 0 saturated heterocycles. The van der Waals surface area contributed by atoms with Gasteiger partial charge in [0.15, 0.2) is 0 Å². The van der Waals surface area contributed by atoms with E-state index < -0.39 is 0 Å². The van der Waals surface area contributed by atoms with Crippen molar-refractivity contribution in [2.75, 3.05) is 6.54 Å². The van der Waals surface area contributed by atoms with Gasteiger partial charge in [0.05, 0.1) is 0 Å². The topological polar surface area (TPSA) is 26.0 Å². The molecule has 0 aromatic carbocycles. The first-order valence-corrected chi connectivity index (χ1v) is 7.06. The average molecular weight is 219 g/mol. The molecule has 90 valence electrons. The van der Waals surface area contributed by atoms with Crippen LogP contribution in [0.3, 0.4) is 0 Å². The standard InChI is InChI=1S/C15H25N/c1-2-3-14(10-16)15-7-11-4-12(8-15)6-13(5-11)9-15/h2,11-14H,1,3-10,16H2. The Morgan fingerprint density at radius 2 is 1.62 bits per heavy atom. The van der Waals surface area contributed by atoms with E-state index >= 15 is 0 Å². The molecule has 0 spiro atoms. The van der Waals surface area contributed by atoms with Crippen molar-refractivity contribution in [3.8, 4) is 0 Å². The Bertz CT molecular complexity index is 246. The van der Waals surface area contributed by atoms with Gasteiger partial charge in [-0.15, -0.1) is 6.58 Å². The Labute approximate surface area is 99.5 Å². The van der Waals surface area contributed by atoms with E-state index in [0.29, 0.717) is 5.41 Å². The molecule has 1 atom stereocenters. The predicted octanol–water partition coefficient (Wildman–Crippen LogP) is 3.35. The fourth-order valence-electron chi connectivity index (χ4n) is 5.48. The molecular formula is C15H25N. The zero-order valence-corrected chi connectivity index (χ0v) is 10.3. The van der Waals surface area contributed by atoms with E-state index in [4.69, 9.17) is 5.73 Å². The normalized spacial score (nSPS) is 46.9. The lowest BCUT2D eigenvalue weighted by Gasteiger charge is -2.59. The summed E-state index contributed by atoms with van der Waals surface area (Å²) in [5, 5.41) is 0. The van der Waals surface area contributed by atoms with Gasteiger partial charge in [-0.2, -0.15) is 0 Å². The van der Waals surface area contributed by atoms with Gasteiger partial charge < -0.3 is 5.73 Å². The minimum Gasteiger partial charge on any atom is -0.330 e. The molecule has 4 aliphatic carbocycles. The molecule has 0 aromatic heterocycles. The third kappa shape index (κ3) is 1.55. The molecule has 1 nitrogen and oxygen atoms in total. The Morgan fingerprint density at radius 3 is 2.00 bits per heavy atom. The van der Waals surface area contributed by atoms with Crippen LogP contribution in [0.4, 0.5) is 0 Å². The zero-order chi connectivity index (χ0) is 11.2.